The first-order valence-electron chi connectivity index (χ1n) is 6.55. The molecule has 1 aliphatic rings. The van der Waals surface area contributed by atoms with Gasteiger partial charge in [0, 0.05) is 12.6 Å². The molecule has 1 atom stereocenters. The summed E-state index contributed by atoms with van der Waals surface area (Å²) in [6.45, 7) is 0.840. The Morgan fingerprint density at radius 3 is 3.00 bits per heavy atom. The number of carbonyl (C=O) groups excluding carboxylic acids is 1. The maximum atomic E-state index is 11.5. The largest absolute Gasteiger partial charge is 0.480 e. The summed E-state index contributed by atoms with van der Waals surface area (Å²) in [5.41, 5.74) is 0. The highest BCUT2D eigenvalue weighted by Gasteiger charge is 2.27. The number of ether oxygens (including phenoxy) is 2. The Kier molecular flexibility index (Phi) is 5.17. The summed E-state index contributed by atoms with van der Waals surface area (Å²) in [7, 11) is 2.98. The van der Waals surface area contributed by atoms with Gasteiger partial charge in [0.25, 0.3) is 0 Å². The minimum Gasteiger partial charge on any atom is -0.480 e. The average molecular weight is 344 g/mol. The normalized spacial score (nSPS) is 18.8. The number of rotatable bonds is 4. The first kappa shape index (κ1) is 15.0. The van der Waals surface area contributed by atoms with Crippen molar-refractivity contribution in [2.45, 2.75) is 31.7 Å². The maximum absolute atomic E-state index is 11.5. The van der Waals surface area contributed by atoms with Gasteiger partial charge in [-0.2, -0.15) is 4.98 Å². The molecule has 1 fully saturated rings. The lowest BCUT2D eigenvalue weighted by molar-refractivity contribution is -0.141. The Bertz CT molecular complexity index is 484. The number of piperidine rings is 1. The van der Waals surface area contributed by atoms with Crippen LogP contribution < -0.4 is 9.64 Å². The molecule has 0 aliphatic carbocycles. The van der Waals surface area contributed by atoms with E-state index < -0.39 is 0 Å². The van der Waals surface area contributed by atoms with Crippen molar-refractivity contribution in [1.82, 2.24) is 9.97 Å². The fourth-order valence-corrected chi connectivity index (χ4v) is 2.73. The molecule has 0 N–H and O–H groups in total. The average Bonchev–Trinajstić information content (AvgIpc) is 2.48. The molecule has 2 heterocycles. The quantitative estimate of drug-likeness (QED) is 0.780. The zero-order valence-corrected chi connectivity index (χ0v) is 13.2. The summed E-state index contributed by atoms with van der Waals surface area (Å²) < 4.78 is 10.7. The molecule has 110 valence electrons. The van der Waals surface area contributed by atoms with E-state index in [1.807, 2.05) is 0 Å². The molecule has 1 aromatic heterocycles. The number of aromatic nitrogens is 2. The third-order valence-electron chi connectivity index (χ3n) is 3.41. The van der Waals surface area contributed by atoms with Crippen LogP contribution in [0.25, 0.3) is 0 Å². The number of hydrogen-bond donors (Lipinski definition) is 0. The van der Waals surface area contributed by atoms with E-state index in [0.717, 1.165) is 25.8 Å². The van der Waals surface area contributed by atoms with Crippen molar-refractivity contribution in [1.29, 1.82) is 0 Å². The predicted molar refractivity (Wildman–Crippen MR) is 77.9 cm³/mol. The van der Waals surface area contributed by atoms with Crippen LogP contribution in [-0.4, -0.2) is 42.7 Å². The highest BCUT2D eigenvalue weighted by Crippen LogP contribution is 2.28. The summed E-state index contributed by atoms with van der Waals surface area (Å²) in [5, 5.41) is 0. The molecule has 0 spiro atoms. The lowest BCUT2D eigenvalue weighted by Gasteiger charge is -2.35. The van der Waals surface area contributed by atoms with E-state index in [2.05, 4.69) is 30.8 Å². The van der Waals surface area contributed by atoms with E-state index >= 15 is 0 Å². The Morgan fingerprint density at radius 2 is 2.30 bits per heavy atom. The summed E-state index contributed by atoms with van der Waals surface area (Å²) in [6.07, 6.45) is 5.14. The predicted octanol–water partition coefficient (Wildman–Crippen LogP) is 2.17. The standard InChI is InChI=1S/C13H18BrN3O3/c1-19-11(18)7-9-5-3-4-6-17(9)13-15-8-10(14)12(16-13)20-2/h8-9H,3-7H2,1-2H3. The van der Waals surface area contributed by atoms with Gasteiger partial charge in [-0.15, -0.1) is 0 Å². The fourth-order valence-electron chi connectivity index (χ4n) is 2.38. The Hall–Kier alpha value is -1.37. The molecular weight excluding hydrogens is 326 g/mol. The molecule has 7 heteroatoms. The fraction of sp³-hybridized carbons (Fsp3) is 0.615. The Balaban J connectivity index is 2.20. The number of carbonyl (C=O) groups is 1. The molecule has 1 saturated heterocycles. The number of anilines is 1. The number of hydrogen-bond acceptors (Lipinski definition) is 6. The van der Waals surface area contributed by atoms with E-state index in [0.29, 0.717) is 22.7 Å². The smallest absolute Gasteiger partial charge is 0.307 e. The van der Waals surface area contributed by atoms with Crippen molar-refractivity contribution in [3.63, 3.8) is 0 Å². The van der Waals surface area contributed by atoms with Crippen LogP contribution in [0.4, 0.5) is 5.95 Å². The van der Waals surface area contributed by atoms with Crippen molar-refractivity contribution >= 4 is 27.8 Å². The van der Waals surface area contributed by atoms with Crippen molar-refractivity contribution in [2.24, 2.45) is 0 Å². The first-order valence-corrected chi connectivity index (χ1v) is 7.35. The summed E-state index contributed by atoms with van der Waals surface area (Å²) in [5.74, 6) is 0.891. The molecule has 0 radical (unpaired) electrons. The molecule has 0 amide bonds. The second-order valence-electron chi connectivity index (χ2n) is 4.65. The molecule has 1 aliphatic heterocycles. The molecule has 2 rings (SSSR count). The summed E-state index contributed by atoms with van der Waals surface area (Å²) in [6, 6.07) is 0.0853. The van der Waals surface area contributed by atoms with Gasteiger partial charge in [-0.25, -0.2) is 4.98 Å². The molecule has 0 bridgehead atoms. The van der Waals surface area contributed by atoms with Gasteiger partial charge in [-0.3, -0.25) is 4.79 Å². The molecule has 6 nitrogen and oxygen atoms in total. The maximum Gasteiger partial charge on any atom is 0.307 e. The molecule has 1 aromatic rings. The zero-order valence-electron chi connectivity index (χ0n) is 11.6. The number of esters is 1. The topological polar surface area (TPSA) is 64.5 Å². The van der Waals surface area contributed by atoms with E-state index in [4.69, 9.17) is 9.47 Å². The molecule has 0 saturated carbocycles. The minimum absolute atomic E-state index is 0.0853. The van der Waals surface area contributed by atoms with Gasteiger partial charge in [-0.05, 0) is 35.2 Å². The van der Waals surface area contributed by atoms with Gasteiger partial charge < -0.3 is 14.4 Å². The van der Waals surface area contributed by atoms with Crippen LogP contribution in [0.5, 0.6) is 5.88 Å². The third-order valence-corrected chi connectivity index (χ3v) is 3.95. The van der Waals surface area contributed by atoms with Crippen molar-refractivity contribution in [2.75, 3.05) is 25.7 Å². The monoisotopic (exact) mass is 343 g/mol. The van der Waals surface area contributed by atoms with Crippen LogP contribution in [0.1, 0.15) is 25.7 Å². The zero-order chi connectivity index (χ0) is 14.5. The highest BCUT2D eigenvalue weighted by molar-refractivity contribution is 9.10. The van der Waals surface area contributed by atoms with Crippen LogP contribution in [0.15, 0.2) is 10.7 Å². The molecule has 0 aromatic carbocycles. The lowest BCUT2D eigenvalue weighted by Crippen LogP contribution is -2.42. The van der Waals surface area contributed by atoms with E-state index in [9.17, 15) is 4.79 Å². The molecule has 20 heavy (non-hydrogen) atoms. The van der Waals surface area contributed by atoms with Crippen molar-refractivity contribution in [3.8, 4) is 5.88 Å². The van der Waals surface area contributed by atoms with Crippen LogP contribution in [-0.2, 0) is 9.53 Å². The van der Waals surface area contributed by atoms with Crippen LogP contribution in [0.2, 0.25) is 0 Å². The van der Waals surface area contributed by atoms with Gasteiger partial charge in [0.1, 0.15) is 0 Å². The van der Waals surface area contributed by atoms with E-state index in [-0.39, 0.29) is 12.0 Å². The van der Waals surface area contributed by atoms with E-state index in [1.165, 1.54) is 7.11 Å². The second kappa shape index (κ2) is 6.88. The van der Waals surface area contributed by atoms with Crippen LogP contribution in [0, 0.1) is 0 Å². The van der Waals surface area contributed by atoms with Gasteiger partial charge in [0.2, 0.25) is 11.8 Å². The lowest BCUT2D eigenvalue weighted by atomic mass is 10.00. The summed E-state index contributed by atoms with van der Waals surface area (Å²) >= 11 is 3.34. The summed E-state index contributed by atoms with van der Waals surface area (Å²) in [4.78, 5) is 22.3. The van der Waals surface area contributed by atoms with Crippen molar-refractivity contribution in [3.05, 3.63) is 10.7 Å². The van der Waals surface area contributed by atoms with Gasteiger partial charge in [0.15, 0.2) is 0 Å². The van der Waals surface area contributed by atoms with Gasteiger partial charge in [0.05, 0.1) is 31.3 Å². The number of nitrogens with zero attached hydrogens (tertiary/aromatic N) is 3. The van der Waals surface area contributed by atoms with Gasteiger partial charge >= 0.3 is 5.97 Å². The third kappa shape index (κ3) is 3.39. The minimum atomic E-state index is -0.203. The SMILES string of the molecule is COC(=O)CC1CCCCN1c1ncc(Br)c(OC)n1. The Morgan fingerprint density at radius 1 is 1.50 bits per heavy atom. The molecular formula is C13H18BrN3O3. The van der Waals surface area contributed by atoms with Crippen LogP contribution >= 0.6 is 15.9 Å². The van der Waals surface area contributed by atoms with Crippen molar-refractivity contribution < 1.29 is 14.3 Å². The number of methoxy groups -OCH3 is 2. The first-order chi connectivity index (χ1) is 9.65. The number of halogens is 1. The van der Waals surface area contributed by atoms with Gasteiger partial charge in [-0.1, -0.05) is 0 Å². The highest BCUT2D eigenvalue weighted by atomic mass is 79.9. The second-order valence-corrected chi connectivity index (χ2v) is 5.50. The molecule has 1 unspecified atom stereocenters. The van der Waals surface area contributed by atoms with Crippen LogP contribution in [0.3, 0.4) is 0 Å². The Labute approximate surface area is 126 Å². The van der Waals surface area contributed by atoms with E-state index in [1.54, 1.807) is 13.3 Å².